The van der Waals surface area contributed by atoms with Gasteiger partial charge in [0.05, 0.1) is 22.8 Å². The minimum Gasteiger partial charge on any atom is -0.323 e. The van der Waals surface area contributed by atoms with Gasteiger partial charge in [-0.2, -0.15) is 0 Å². The third-order valence-electron chi connectivity index (χ3n) is 10.5. The van der Waals surface area contributed by atoms with Gasteiger partial charge < -0.3 is 9.13 Å². The maximum atomic E-state index is 5.33. The molecule has 0 saturated carbocycles. The average molecular weight is 717 g/mol. The van der Waals surface area contributed by atoms with E-state index >= 15 is 0 Å². The molecule has 0 spiro atoms. The average Bonchev–Trinajstić information content (AvgIpc) is 3.84. The van der Waals surface area contributed by atoms with Crippen LogP contribution in [-0.4, -0.2) is 19.1 Å². The molecule has 8 aromatic rings. The van der Waals surface area contributed by atoms with Crippen molar-refractivity contribution in [2.24, 2.45) is 0 Å². The van der Waals surface area contributed by atoms with Crippen LogP contribution >= 0.6 is 0 Å². The standard InChI is InChI=1S/C51H48N4/c1(2-4-24-38-54-48(42-30-16-8-17-31-42)46(40-26-12-6-13-27-40)52-50(54)44-34-20-10-21-35-44)3-5-25-39-55-49(43-32-18-9-19-33-43)47(41-28-14-7-15-29-41)53-51(55)45-36-22-11-23-37-45/h6-23,26-37H,1-5,24-25,38-39H2. The van der Waals surface area contributed by atoms with Gasteiger partial charge >= 0.3 is 0 Å². The second-order valence-electron chi connectivity index (χ2n) is 14.2. The van der Waals surface area contributed by atoms with E-state index in [1.54, 1.807) is 0 Å². The summed E-state index contributed by atoms with van der Waals surface area (Å²) in [4.78, 5) is 10.7. The Balaban J connectivity index is 0.942. The maximum Gasteiger partial charge on any atom is 0.141 e. The number of benzene rings is 6. The van der Waals surface area contributed by atoms with Crippen LogP contribution in [0.25, 0.3) is 67.8 Å². The van der Waals surface area contributed by atoms with Crippen LogP contribution in [0.4, 0.5) is 0 Å². The lowest BCUT2D eigenvalue weighted by Crippen LogP contribution is -2.04. The van der Waals surface area contributed by atoms with Crippen LogP contribution in [0.3, 0.4) is 0 Å². The minimum atomic E-state index is 0.934. The Labute approximate surface area is 325 Å². The zero-order valence-corrected chi connectivity index (χ0v) is 31.5. The molecule has 0 radical (unpaired) electrons. The number of aromatic nitrogens is 4. The molecule has 4 nitrogen and oxygen atoms in total. The predicted molar refractivity (Wildman–Crippen MR) is 229 cm³/mol. The summed E-state index contributed by atoms with van der Waals surface area (Å²) in [6.07, 6.45) is 8.32. The van der Waals surface area contributed by atoms with E-state index in [0.29, 0.717) is 0 Å². The van der Waals surface area contributed by atoms with Gasteiger partial charge in [-0.1, -0.05) is 214 Å². The Kier molecular flexibility index (Phi) is 11.5. The highest BCUT2D eigenvalue weighted by Crippen LogP contribution is 2.38. The van der Waals surface area contributed by atoms with Gasteiger partial charge in [-0.25, -0.2) is 9.97 Å². The summed E-state index contributed by atoms with van der Waals surface area (Å²) in [6, 6.07) is 64.1. The number of imidazole rings is 2. The largest absolute Gasteiger partial charge is 0.323 e. The number of hydrogen-bond acceptors (Lipinski definition) is 2. The second-order valence-corrected chi connectivity index (χ2v) is 14.2. The molecule has 0 aliphatic carbocycles. The van der Waals surface area contributed by atoms with Crippen LogP contribution in [-0.2, 0) is 13.1 Å². The van der Waals surface area contributed by atoms with Crippen molar-refractivity contribution < 1.29 is 0 Å². The van der Waals surface area contributed by atoms with Crippen LogP contribution in [0.5, 0.6) is 0 Å². The monoisotopic (exact) mass is 716 g/mol. The van der Waals surface area contributed by atoms with Crippen LogP contribution in [0, 0.1) is 0 Å². The Morgan fingerprint density at radius 1 is 0.273 bits per heavy atom. The fraction of sp³-hybridized carbons (Fsp3) is 0.176. The molecule has 0 bridgehead atoms. The Morgan fingerprint density at radius 3 is 0.836 bits per heavy atom. The number of nitrogens with zero attached hydrogens (tertiary/aromatic N) is 4. The number of hydrogen-bond donors (Lipinski definition) is 0. The van der Waals surface area contributed by atoms with Crippen molar-refractivity contribution in [2.75, 3.05) is 0 Å². The summed E-state index contributed by atoms with van der Waals surface area (Å²) in [5.41, 5.74) is 11.5. The van der Waals surface area contributed by atoms with Crippen molar-refractivity contribution in [3.63, 3.8) is 0 Å². The molecule has 0 aliphatic heterocycles. The normalized spacial score (nSPS) is 11.2. The molecule has 8 rings (SSSR count). The lowest BCUT2D eigenvalue weighted by Gasteiger charge is -2.14. The van der Waals surface area contributed by atoms with E-state index in [4.69, 9.17) is 9.97 Å². The Morgan fingerprint density at radius 2 is 0.527 bits per heavy atom. The van der Waals surface area contributed by atoms with Gasteiger partial charge in [0.1, 0.15) is 11.6 Å². The number of rotatable bonds is 16. The summed E-state index contributed by atoms with van der Waals surface area (Å²) in [5, 5.41) is 0. The van der Waals surface area contributed by atoms with Gasteiger partial charge in [-0.15, -0.1) is 0 Å². The summed E-state index contributed by atoms with van der Waals surface area (Å²) < 4.78 is 4.94. The third kappa shape index (κ3) is 8.29. The van der Waals surface area contributed by atoms with E-state index in [-0.39, 0.29) is 0 Å². The lowest BCUT2D eigenvalue weighted by atomic mass is 10.0. The van der Waals surface area contributed by atoms with Crippen molar-refractivity contribution in [1.82, 2.24) is 19.1 Å². The van der Waals surface area contributed by atoms with Crippen LogP contribution in [0.1, 0.15) is 44.9 Å². The molecule has 2 heterocycles. The van der Waals surface area contributed by atoms with Gasteiger partial charge in [0.25, 0.3) is 0 Å². The van der Waals surface area contributed by atoms with Crippen LogP contribution in [0.15, 0.2) is 182 Å². The quantitative estimate of drug-likeness (QED) is 0.0933. The molecule has 6 aromatic carbocycles. The Hall–Kier alpha value is -6.26. The van der Waals surface area contributed by atoms with Crippen molar-refractivity contribution in [2.45, 2.75) is 58.0 Å². The molecular formula is C51H48N4. The van der Waals surface area contributed by atoms with E-state index in [1.807, 2.05) is 0 Å². The Bertz CT molecular complexity index is 2190. The van der Waals surface area contributed by atoms with Gasteiger partial charge in [0.15, 0.2) is 0 Å². The molecule has 0 saturated heterocycles. The fourth-order valence-electron chi connectivity index (χ4n) is 7.75. The summed E-state index contributed by atoms with van der Waals surface area (Å²) in [6.45, 7) is 1.87. The lowest BCUT2D eigenvalue weighted by molar-refractivity contribution is 0.532. The highest BCUT2D eigenvalue weighted by molar-refractivity contribution is 5.83. The van der Waals surface area contributed by atoms with Gasteiger partial charge in [0.2, 0.25) is 0 Å². The molecule has 0 N–H and O–H groups in total. The minimum absolute atomic E-state index is 0.934. The maximum absolute atomic E-state index is 5.33. The molecule has 55 heavy (non-hydrogen) atoms. The van der Waals surface area contributed by atoms with Crippen molar-refractivity contribution in [1.29, 1.82) is 0 Å². The highest BCUT2D eigenvalue weighted by atomic mass is 15.1. The van der Waals surface area contributed by atoms with Crippen LogP contribution in [0.2, 0.25) is 0 Å². The van der Waals surface area contributed by atoms with Crippen molar-refractivity contribution in [3.05, 3.63) is 182 Å². The topological polar surface area (TPSA) is 35.6 Å². The van der Waals surface area contributed by atoms with E-state index in [0.717, 1.165) is 71.2 Å². The van der Waals surface area contributed by atoms with Crippen molar-refractivity contribution >= 4 is 0 Å². The van der Waals surface area contributed by atoms with Crippen molar-refractivity contribution in [3.8, 4) is 67.8 Å². The van der Waals surface area contributed by atoms with E-state index in [2.05, 4.69) is 191 Å². The first-order valence-corrected chi connectivity index (χ1v) is 19.9. The fourth-order valence-corrected chi connectivity index (χ4v) is 7.75. The third-order valence-corrected chi connectivity index (χ3v) is 10.5. The zero-order valence-electron chi connectivity index (χ0n) is 31.5. The first-order valence-electron chi connectivity index (χ1n) is 19.9. The number of unbranched alkanes of at least 4 members (excludes halogenated alkanes) is 6. The zero-order chi connectivity index (χ0) is 37.1. The smallest absolute Gasteiger partial charge is 0.141 e. The SMILES string of the molecule is c1ccc(-c2nc(-c3ccccc3)n(CCCCCCCCCn3c(-c4ccccc4)nc(-c4ccccc4)c3-c3ccccc3)c2-c2ccccc2)cc1. The van der Waals surface area contributed by atoms with Gasteiger partial charge in [0, 0.05) is 46.5 Å². The van der Waals surface area contributed by atoms with E-state index in [1.165, 1.54) is 54.6 Å². The molecule has 0 atom stereocenters. The molecule has 0 amide bonds. The highest BCUT2D eigenvalue weighted by Gasteiger charge is 2.22. The van der Waals surface area contributed by atoms with E-state index in [9.17, 15) is 0 Å². The molecule has 272 valence electrons. The summed E-state index contributed by atoms with van der Waals surface area (Å²) in [7, 11) is 0. The predicted octanol–water partition coefficient (Wildman–Crippen LogP) is 13.5. The molecule has 4 heteroatoms. The van der Waals surface area contributed by atoms with E-state index < -0.39 is 0 Å². The summed E-state index contributed by atoms with van der Waals surface area (Å²) in [5.74, 6) is 2.08. The first-order chi connectivity index (χ1) is 27.3. The van der Waals surface area contributed by atoms with Crippen LogP contribution < -0.4 is 0 Å². The summed E-state index contributed by atoms with van der Waals surface area (Å²) >= 11 is 0. The second kappa shape index (κ2) is 17.7. The molecular weight excluding hydrogens is 669 g/mol. The molecule has 0 aliphatic rings. The van der Waals surface area contributed by atoms with Gasteiger partial charge in [-0.05, 0) is 12.8 Å². The molecule has 0 fully saturated rings. The first kappa shape index (κ1) is 35.8. The molecule has 0 unspecified atom stereocenters. The molecule has 2 aromatic heterocycles. The van der Waals surface area contributed by atoms with Gasteiger partial charge in [-0.3, -0.25) is 0 Å².